The number of fused-ring (bicyclic) bond motifs is 3. The standard InChI is InChI=1S/C17H15F3O2/c1-8-9(2)15(21)10(3)14-13(8)11-6-4-5-7-12(11)16(14,22)17(18,19)20/h4-7,21-22H,1-3H3. The zero-order valence-electron chi connectivity index (χ0n) is 12.3. The molecule has 0 saturated heterocycles. The second kappa shape index (κ2) is 4.26. The molecule has 2 N–H and O–H groups in total. The maximum absolute atomic E-state index is 13.7. The summed E-state index contributed by atoms with van der Waals surface area (Å²) in [6.45, 7) is 4.72. The van der Waals surface area contributed by atoms with Crippen molar-refractivity contribution in [1.82, 2.24) is 0 Å². The highest BCUT2D eigenvalue weighted by molar-refractivity contribution is 5.86. The lowest BCUT2D eigenvalue weighted by Crippen LogP contribution is -2.42. The topological polar surface area (TPSA) is 40.5 Å². The SMILES string of the molecule is Cc1c(C)c2c(c(C)c1O)C(O)(C(F)(F)F)c1ccccc1-2. The third-order valence-electron chi connectivity index (χ3n) is 4.63. The summed E-state index contributed by atoms with van der Waals surface area (Å²) in [7, 11) is 0. The fraction of sp³-hybridized carbons (Fsp3) is 0.294. The van der Waals surface area contributed by atoms with Crippen LogP contribution in [0.15, 0.2) is 24.3 Å². The third kappa shape index (κ3) is 1.54. The van der Waals surface area contributed by atoms with Crippen LogP contribution in [-0.4, -0.2) is 16.4 Å². The third-order valence-corrected chi connectivity index (χ3v) is 4.63. The molecule has 0 spiro atoms. The fourth-order valence-electron chi connectivity index (χ4n) is 3.37. The van der Waals surface area contributed by atoms with Gasteiger partial charge in [-0.05, 0) is 48.6 Å². The van der Waals surface area contributed by atoms with Crippen molar-refractivity contribution in [2.24, 2.45) is 0 Å². The number of phenolic OH excluding ortho intramolecular Hbond substituents is 1. The van der Waals surface area contributed by atoms with E-state index in [2.05, 4.69) is 0 Å². The lowest BCUT2D eigenvalue weighted by atomic mass is 9.85. The minimum atomic E-state index is -4.88. The second-order valence-electron chi connectivity index (χ2n) is 5.73. The van der Waals surface area contributed by atoms with Gasteiger partial charge in [0.05, 0.1) is 0 Å². The van der Waals surface area contributed by atoms with Crippen LogP contribution in [0.1, 0.15) is 27.8 Å². The molecule has 0 saturated carbocycles. The first-order valence-electron chi connectivity index (χ1n) is 6.84. The van der Waals surface area contributed by atoms with Crippen LogP contribution in [0.25, 0.3) is 11.1 Å². The van der Waals surface area contributed by atoms with Crippen molar-refractivity contribution in [3.63, 3.8) is 0 Å². The molecule has 3 rings (SSSR count). The summed E-state index contributed by atoms with van der Waals surface area (Å²) in [6.07, 6.45) is -4.88. The molecule has 1 atom stereocenters. The molecule has 1 unspecified atom stereocenters. The predicted octanol–water partition coefficient (Wildman–Crippen LogP) is 4.10. The Balaban J connectivity index is 2.56. The van der Waals surface area contributed by atoms with Crippen molar-refractivity contribution < 1.29 is 23.4 Å². The molecule has 22 heavy (non-hydrogen) atoms. The second-order valence-corrected chi connectivity index (χ2v) is 5.73. The van der Waals surface area contributed by atoms with E-state index < -0.39 is 11.8 Å². The summed E-state index contributed by atoms with van der Waals surface area (Å²) in [5.41, 5.74) is -1.68. The molecular weight excluding hydrogens is 293 g/mol. The van der Waals surface area contributed by atoms with Crippen LogP contribution in [0.3, 0.4) is 0 Å². The van der Waals surface area contributed by atoms with Crippen LogP contribution in [0, 0.1) is 20.8 Å². The number of aromatic hydroxyl groups is 1. The molecule has 0 amide bonds. The number of hydrogen-bond donors (Lipinski definition) is 2. The van der Waals surface area contributed by atoms with Gasteiger partial charge in [-0.1, -0.05) is 24.3 Å². The van der Waals surface area contributed by atoms with Gasteiger partial charge in [0.2, 0.25) is 5.60 Å². The lowest BCUT2D eigenvalue weighted by molar-refractivity contribution is -0.247. The van der Waals surface area contributed by atoms with Gasteiger partial charge >= 0.3 is 6.18 Å². The van der Waals surface area contributed by atoms with Crippen LogP contribution in [-0.2, 0) is 5.60 Å². The number of rotatable bonds is 0. The number of phenols is 1. The highest BCUT2D eigenvalue weighted by Gasteiger charge is 2.62. The van der Waals surface area contributed by atoms with Gasteiger partial charge < -0.3 is 10.2 Å². The van der Waals surface area contributed by atoms with Crippen molar-refractivity contribution in [3.05, 3.63) is 52.1 Å². The first-order valence-corrected chi connectivity index (χ1v) is 6.84. The first kappa shape index (κ1) is 14.9. The Labute approximate surface area is 125 Å². The summed E-state index contributed by atoms with van der Waals surface area (Å²) in [6, 6.07) is 5.97. The van der Waals surface area contributed by atoms with Gasteiger partial charge in [0.25, 0.3) is 0 Å². The van der Waals surface area contributed by atoms with Crippen molar-refractivity contribution in [2.45, 2.75) is 32.5 Å². The molecule has 2 nitrogen and oxygen atoms in total. The van der Waals surface area contributed by atoms with Gasteiger partial charge in [-0.15, -0.1) is 0 Å². The minimum absolute atomic E-state index is 0.0640. The van der Waals surface area contributed by atoms with Gasteiger partial charge in [0, 0.05) is 11.1 Å². The van der Waals surface area contributed by atoms with E-state index in [-0.39, 0.29) is 22.4 Å². The fourth-order valence-corrected chi connectivity index (χ4v) is 3.37. The average Bonchev–Trinajstić information content (AvgIpc) is 2.74. The minimum Gasteiger partial charge on any atom is -0.507 e. The number of benzene rings is 2. The van der Waals surface area contributed by atoms with E-state index in [4.69, 9.17) is 0 Å². The molecular formula is C17H15F3O2. The average molecular weight is 308 g/mol. The molecule has 0 heterocycles. The van der Waals surface area contributed by atoms with E-state index in [0.29, 0.717) is 22.3 Å². The summed E-state index contributed by atoms with van der Waals surface area (Å²) >= 11 is 0. The Bertz CT molecular complexity index is 793. The van der Waals surface area contributed by atoms with Crippen molar-refractivity contribution in [2.75, 3.05) is 0 Å². The molecule has 0 bridgehead atoms. The molecule has 2 aromatic carbocycles. The zero-order chi connectivity index (χ0) is 16.4. The number of halogens is 3. The first-order chi connectivity index (χ1) is 10.1. The molecule has 116 valence electrons. The molecule has 1 aliphatic rings. The van der Waals surface area contributed by atoms with Crippen LogP contribution in [0.5, 0.6) is 5.75 Å². The monoisotopic (exact) mass is 308 g/mol. The van der Waals surface area contributed by atoms with E-state index >= 15 is 0 Å². The van der Waals surface area contributed by atoms with Crippen LogP contribution >= 0.6 is 0 Å². The Hall–Kier alpha value is -2.01. The van der Waals surface area contributed by atoms with E-state index in [1.54, 1.807) is 26.0 Å². The normalized spacial score (nSPS) is 20.0. The van der Waals surface area contributed by atoms with Gasteiger partial charge in [0.1, 0.15) is 5.75 Å². The predicted molar refractivity (Wildman–Crippen MR) is 76.8 cm³/mol. The smallest absolute Gasteiger partial charge is 0.425 e. The number of alkyl halides is 3. The van der Waals surface area contributed by atoms with Crippen LogP contribution < -0.4 is 0 Å². The van der Waals surface area contributed by atoms with E-state index in [1.165, 1.54) is 19.1 Å². The maximum atomic E-state index is 13.7. The largest absolute Gasteiger partial charge is 0.507 e. The summed E-state index contributed by atoms with van der Waals surface area (Å²) < 4.78 is 41.1. The summed E-state index contributed by atoms with van der Waals surface area (Å²) in [5, 5.41) is 20.8. The van der Waals surface area contributed by atoms with Gasteiger partial charge in [-0.2, -0.15) is 13.2 Å². The summed E-state index contributed by atoms with van der Waals surface area (Å²) in [4.78, 5) is 0. The maximum Gasteiger partial charge on any atom is 0.425 e. The van der Waals surface area contributed by atoms with Gasteiger partial charge in [-0.25, -0.2) is 0 Å². The van der Waals surface area contributed by atoms with E-state index in [0.717, 1.165) is 0 Å². The molecule has 2 aromatic rings. The highest BCUT2D eigenvalue weighted by Crippen LogP contribution is 2.58. The van der Waals surface area contributed by atoms with E-state index in [1.807, 2.05) is 0 Å². The molecule has 0 aliphatic heterocycles. The van der Waals surface area contributed by atoms with Crippen molar-refractivity contribution >= 4 is 0 Å². The Morgan fingerprint density at radius 1 is 0.955 bits per heavy atom. The van der Waals surface area contributed by atoms with Crippen molar-refractivity contribution in [1.29, 1.82) is 0 Å². The van der Waals surface area contributed by atoms with Crippen molar-refractivity contribution in [3.8, 4) is 16.9 Å². The highest BCUT2D eigenvalue weighted by atomic mass is 19.4. The zero-order valence-corrected chi connectivity index (χ0v) is 12.3. The summed E-state index contributed by atoms with van der Waals surface area (Å²) in [5.74, 6) is -0.202. The molecule has 0 radical (unpaired) electrons. The Morgan fingerprint density at radius 3 is 2.14 bits per heavy atom. The lowest BCUT2D eigenvalue weighted by Gasteiger charge is -2.30. The molecule has 1 aliphatic carbocycles. The quantitative estimate of drug-likeness (QED) is 0.769. The Kier molecular flexibility index (Phi) is 2.89. The number of hydrogen-bond acceptors (Lipinski definition) is 2. The molecule has 0 aromatic heterocycles. The van der Waals surface area contributed by atoms with Crippen LogP contribution in [0.4, 0.5) is 13.2 Å². The molecule has 0 fully saturated rings. The Morgan fingerprint density at radius 2 is 1.55 bits per heavy atom. The van der Waals surface area contributed by atoms with E-state index in [9.17, 15) is 23.4 Å². The van der Waals surface area contributed by atoms with Crippen LogP contribution in [0.2, 0.25) is 0 Å². The van der Waals surface area contributed by atoms with Gasteiger partial charge in [-0.3, -0.25) is 0 Å². The van der Waals surface area contributed by atoms with Gasteiger partial charge in [0.15, 0.2) is 0 Å². The molecule has 5 heteroatoms. The number of aliphatic hydroxyl groups is 1.